The third-order valence-electron chi connectivity index (χ3n) is 2.48. The summed E-state index contributed by atoms with van der Waals surface area (Å²) >= 11 is 0. The zero-order chi connectivity index (χ0) is 10.4. The van der Waals surface area contributed by atoms with Gasteiger partial charge in [0.2, 0.25) is 0 Å². The molecule has 0 bridgehead atoms. The molecule has 0 spiro atoms. The zero-order valence-corrected chi connectivity index (χ0v) is 7.69. The normalized spacial score (nSPS) is 14.1. The topological polar surface area (TPSA) is 43.4 Å². The summed E-state index contributed by atoms with van der Waals surface area (Å²) in [6, 6.07) is 11.0. The van der Waals surface area contributed by atoms with E-state index in [9.17, 15) is 9.59 Å². The van der Waals surface area contributed by atoms with Gasteiger partial charge in [-0.25, -0.2) is 4.79 Å². The quantitative estimate of drug-likeness (QED) is 0.369. The van der Waals surface area contributed by atoms with Crippen LogP contribution in [0.4, 0.5) is 0 Å². The summed E-state index contributed by atoms with van der Waals surface area (Å²) < 4.78 is 4.84. The average molecular weight is 198 g/mol. The van der Waals surface area contributed by atoms with Gasteiger partial charge in [0.05, 0.1) is 5.56 Å². The van der Waals surface area contributed by atoms with Crippen LogP contribution in [0.3, 0.4) is 0 Å². The molecule has 72 valence electrons. The maximum atomic E-state index is 11.4. The van der Waals surface area contributed by atoms with E-state index >= 15 is 0 Å². The second-order valence-electron chi connectivity index (χ2n) is 3.41. The van der Waals surface area contributed by atoms with E-state index in [0.717, 1.165) is 10.8 Å². The van der Waals surface area contributed by atoms with Crippen LogP contribution >= 0.6 is 0 Å². The molecule has 0 atom stereocenters. The number of carbonyl (C=O) groups is 2. The van der Waals surface area contributed by atoms with Gasteiger partial charge >= 0.3 is 5.97 Å². The van der Waals surface area contributed by atoms with Gasteiger partial charge in [0.25, 0.3) is 5.78 Å². The van der Waals surface area contributed by atoms with Crippen LogP contribution in [0.2, 0.25) is 0 Å². The first kappa shape index (κ1) is 8.17. The number of hydrogen-bond donors (Lipinski definition) is 0. The second kappa shape index (κ2) is 2.67. The number of Topliss-reactive ketones (excluding diaryl/α,β-unsaturated/α-hetero) is 1. The molecule has 2 aromatic carbocycles. The summed E-state index contributed by atoms with van der Waals surface area (Å²) in [6.45, 7) is 0. The van der Waals surface area contributed by atoms with Crippen LogP contribution in [0.1, 0.15) is 10.4 Å². The Hall–Kier alpha value is -2.16. The molecule has 2 aromatic rings. The van der Waals surface area contributed by atoms with Gasteiger partial charge < -0.3 is 4.74 Å². The van der Waals surface area contributed by atoms with E-state index in [4.69, 9.17) is 4.74 Å². The Morgan fingerprint density at radius 2 is 1.60 bits per heavy atom. The summed E-state index contributed by atoms with van der Waals surface area (Å²) in [5, 5.41) is 1.89. The van der Waals surface area contributed by atoms with Crippen LogP contribution in [0.15, 0.2) is 36.4 Å². The van der Waals surface area contributed by atoms with E-state index < -0.39 is 11.8 Å². The van der Waals surface area contributed by atoms with Gasteiger partial charge in [0, 0.05) is 0 Å². The number of esters is 1. The van der Waals surface area contributed by atoms with Crippen LogP contribution in [-0.2, 0) is 4.79 Å². The molecule has 1 heterocycles. The van der Waals surface area contributed by atoms with E-state index in [0.29, 0.717) is 11.3 Å². The number of fused-ring (bicyclic) bond motifs is 2. The molecule has 3 rings (SSSR count). The largest absolute Gasteiger partial charge is 0.420 e. The fourth-order valence-corrected chi connectivity index (χ4v) is 1.74. The lowest BCUT2D eigenvalue weighted by Gasteiger charge is -1.99. The number of benzene rings is 2. The molecule has 0 radical (unpaired) electrons. The number of ether oxygens (including phenoxy) is 1. The Morgan fingerprint density at radius 3 is 2.33 bits per heavy atom. The number of rotatable bonds is 0. The summed E-state index contributed by atoms with van der Waals surface area (Å²) in [7, 11) is 0. The molecule has 0 fully saturated rings. The Morgan fingerprint density at radius 1 is 0.933 bits per heavy atom. The minimum atomic E-state index is -0.791. The van der Waals surface area contributed by atoms with Crippen molar-refractivity contribution in [2.45, 2.75) is 0 Å². The molecule has 0 saturated carbocycles. The first-order valence-corrected chi connectivity index (χ1v) is 4.55. The summed E-state index contributed by atoms with van der Waals surface area (Å²) in [5.74, 6) is -0.986. The van der Waals surface area contributed by atoms with Crippen molar-refractivity contribution in [3.05, 3.63) is 42.0 Å². The molecule has 3 nitrogen and oxygen atoms in total. The van der Waals surface area contributed by atoms with Crippen LogP contribution < -0.4 is 4.74 Å². The smallest absolute Gasteiger partial charge is 0.385 e. The Kier molecular flexibility index (Phi) is 1.45. The van der Waals surface area contributed by atoms with Crippen LogP contribution in [0, 0.1) is 0 Å². The average Bonchev–Trinajstić information content (AvgIpc) is 2.52. The highest BCUT2D eigenvalue weighted by atomic mass is 16.5. The number of hydrogen-bond acceptors (Lipinski definition) is 3. The maximum absolute atomic E-state index is 11.4. The van der Waals surface area contributed by atoms with Crippen LogP contribution in [-0.4, -0.2) is 11.8 Å². The van der Waals surface area contributed by atoms with E-state index in [1.165, 1.54) is 0 Å². The molecule has 15 heavy (non-hydrogen) atoms. The lowest BCUT2D eigenvalue weighted by molar-refractivity contribution is -0.128. The van der Waals surface area contributed by atoms with Gasteiger partial charge in [-0.05, 0) is 22.9 Å². The van der Waals surface area contributed by atoms with Crippen molar-refractivity contribution in [3.8, 4) is 5.75 Å². The predicted octanol–water partition coefficient (Wildman–Crippen LogP) is 1.94. The van der Waals surface area contributed by atoms with Crippen molar-refractivity contribution in [1.82, 2.24) is 0 Å². The lowest BCUT2D eigenvalue weighted by atomic mass is 10.0. The third-order valence-corrected chi connectivity index (χ3v) is 2.48. The van der Waals surface area contributed by atoms with Crippen LogP contribution in [0.25, 0.3) is 10.8 Å². The molecule has 1 aliphatic heterocycles. The lowest BCUT2D eigenvalue weighted by Crippen LogP contribution is -2.10. The highest BCUT2D eigenvalue weighted by Crippen LogP contribution is 2.30. The first-order valence-electron chi connectivity index (χ1n) is 4.55. The number of ketones is 1. The molecule has 0 saturated heterocycles. The van der Waals surface area contributed by atoms with E-state index in [1.54, 1.807) is 12.1 Å². The maximum Gasteiger partial charge on any atom is 0.385 e. The SMILES string of the molecule is O=C1Oc2cc3ccccc3cc2C1=O. The molecule has 0 amide bonds. The zero-order valence-electron chi connectivity index (χ0n) is 7.69. The Labute approximate surface area is 85.3 Å². The minimum Gasteiger partial charge on any atom is -0.420 e. The fourth-order valence-electron chi connectivity index (χ4n) is 1.74. The van der Waals surface area contributed by atoms with Crippen molar-refractivity contribution in [3.63, 3.8) is 0 Å². The molecular weight excluding hydrogens is 192 g/mol. The van der Waals surface area contributed by atoms with Crippen LogP contribution in [0.5, 0.6) is 5.75 Å². The highest BCUT2D eigenvalue weighted by Gasteiger charge is 2.30. The molecule has 0 N–H and O–H groups in total. The third kappa shape index (κ3) is 1.06. The number of carbonyl (C=O) groups excluding carboxylic acids is 2. The molecule has 0 aromatic heterocycles. The molecule has 1 aliphatic rings. The monoisotopic (exact) mass is 198 g/mol. The Bertz CT molecular complexity index is 599. The van der Waals surface area contributed by atoms with Gasteiger partial charge in [-0.3, -0.25) is 4.79 Å². The van der Waals surface area contributed by atoms with E-state index in [-0.39, 0.29) is 0 Å². The standard InChI is InChI=1S/C12H6O3/c13-11-9-5-7-3-1-2-4-8(7)6-10(9)15-12(11)14/h1-6H. The molecule has 3 heteroatoms. The first-order chi connectivity index (χ1) is 7.25. The van der Waals surface area contributed by atoms with Crippen molar-refractivity contribution < 1.29 is 14.3 Å². The van der Waals surface area contributed by atoms with Gasteiger partial charge in [-0.1, -0.05) is 24.3 Å². The summed E-state index contributed by atoms with van der Waals surface area (Å²) in [5.41, 5.74) is 0.360. The summed E-state index contributed by atoms with van der Waals surface area (Å²) in [6.07, 6.45) is 0. The molecule has 0 unspecified atom stereocenters. The minimum absolute atomic E-state index is 0.360. The predicted molar refractivity (Wildman–Crippen MR) is 53.9 cm³/mol. The van der Waals surface area contributed by atoms with Crippen molar-refractivity contribution in [1.29, 1.82) is 0 Å². The highest BCUT2D eigenvalue weighted by molar-refractivity contribution is 6.44. The van der Waals surface area contributed by atoms with Gasteiger partial charge in [0.15, 0.2) is 0 Å². The van der Waals surface area contributed by atoms with Crippen molar-refractivity contribution in [2.24, 2.45) is 0 Å². The van der Waals surface area contributed by atoms with Crippen molar-refractivity contribution in [2.75, 3.05) is 0 Å². The Balaban J connectivity index is 2.36. The fraction of sp³-hybridized carbons (Fsp3) is 0. The summed E-state index contributed by atoms with van der Waals surface area (Å²) in [4.78, 5) is 22.4. The van der Waals surface area contributed by atoms with E-state index in [2.05, 4.69) is 0 Å². The van der Waals surface area contributed by atoms with Gasteiger partial charge in [0.1, 0.15) is 5.75 Å². The van der Waals surface area contributed by atoms with Gasteiger partial charge in [-0.2, -0.15) is 0 Å². The molecule has 0 aliphatic carbocycles. The second-order valence-corrected chi connectivity index (χ2v) is 3.41. The van der Waals surface area contributed by atoms with Crippen molar-refractivity contribution >= 4 is 22.5 Å². The molecular formula is C12H6O3. The van der Waals surface area contributed by atoms with E-state index in [1.807, 2.05) is 24.3 Å². The van der Waals surface area contributed by atoms with Gasteiger partial charge in [-0.15, -0.1) is 0 Å².